The maximum Gasteiger partial charge on any atom is 0.244 e. The van der Waals surface area contributed by atoms with E-state index in [9.17, 15) is 0 Å². The van der Waals surface area contributed by atoms with Crippen LogP contribution in [-0.2, 0) is 11.2 Å². The Labute approximate surface area is 153 Å². The van der Waals surface area contributed by atoms with Crippen molar-refractivity contribution in [1.29, 1.82) is 0 Å². The Morgan fingerprint density at radius 2 is 1.92 bits per heavy atom. The highest BCUT2D eigenvalue weighted by Crippen LogP contribution is 2.12. The number of aromatic nitrogens is 3. The zero-order valence-corrected chi connectivity index (χ0v) is 15.1. The lowest BCUT2D eigenvalue weighted by Crippen LogP contribution is -2.39. The van der Waals surface area contributed by atoms with Crippen molar-refractivity contribution >= 4 is 11.8 Å². The zero-order valence-electron chi connectivity index (χ0n) is 15.1. The molecule has 0 radical (unpaired) electrons. The van der Waals surface area contributed by atoms with Crippen molar-refractivity contribution in [2.24, 2.45) is 0 Å². The summed E-state index contributed by atoms with van der Waals surface area (Å²) in [5.41, 5.74) is 1.24. The first-order valence-corrected chi connectivity index (χ1v) is 8.94. The molecule has 2 N–H and O–H groups in total. The summed E-state index contributed by atoms with van der Waals surface area (Å²) < 4.78 is 10.5. The second-order valence-corrected chi connectivity index (χ2v) is 6.07. The van der Waals surface area contributed by atoms with E-state index in [1.54, 1.807) is 13.3 Å². The van der Waals surface area contributed by atoms with Crippen LogP contribution in [-0.4, -0.2) is 73.1 Å². The van der Waals surface area contributed by atoms with Crippen LogP contribution in [0, 0.1) is 0 Å². The first-order valence-electron chi connectivity index (χ1n) is 8.94. The van der Waals surface area contributed by atoms with E-state index in [4.69, 9.17) is 9.47 Å². The summed E-state index contributed by atoms with van der Waals surface area (Å²) in [4.78, 5) is 6.82. The topological polar surface area (TPSA) is 84.4 Å². The van der Waals surface area contributed by atoms with Gasteiger partial charge >= 0.3 is 0 Å². The summed E-state index contributed by atoms with van der Waals surface area (Å²) in [6.07, 6.45) is 2.54. The fourth-order valence-electron chi connectivity index (χ4n) is 2.74. The molecule has 1 saturated heterocycles. The van der Waals surface area contributed by atoms with Gasteiger partial charge in [0.15, 0.2) is 5.82 Å². The summed E-state index contributed by atoms with van der Waals surface area (Å²) in [5.74, 6) is 2.14. The van der Waals surface area contributed by atoms with Gasteiger partial charge < -0.3 is 20.1 Å². The Hall–Kier alpha value is -2.45. The number of hydrogen-bond acceptors (Lipinski definition) is 8. The Balaban J connectivity index is 1.40. The third-order valence-electron chi connectivity index (χ3n) is 4.25. The molecule has 2 heterocycles. The van der Waals surface area contributed by atoms with Gasteiger partial charge in [-0.3, -0.25) is 4.90 Å². The van der Waals surface area contributed by atoms with Gasteiger partial charge in [0.25, 0.3) is 0 Å². The monoisotopic (exact) mass is 358 g/mol. The smallest absolute Gasteiger partial charge is 0.244 e. The number of benzene rings is 1. The van der Waals surface area contributed by atoms with Gasteiger partial charge in [0, 0.05) is 32.7 Å². The van der Waals surface area contributed by atoms with Gasteiger partial charge in [-0.2, -0.15) is 10.1 Å². The van der Waals surface area contributed by atoms with E-state index in [1.165, 1.54) is 5.56 Å². The normalized spacial score (nSPS) is 14.8. The molecule has 1 aliphatic rings. The van der Waals surface area contributed by atoms with Crippen molar-refractivity contribution in [3.05, 3.63) is 36.0 Å². The van der Waals surface area contributed by atoms with Crippen LogP contribution in [0.25, 0.3) is 0 Å². The van der Waals surface area contributed by atoms with Crippen LogP contribution < -0.4 is 15.4 Å². The summed E-state index contributed by atoms with van der Waals surface area (Å²) in [6.45, 7) is 6.09. The molecule has 8 nitrogen and oxygen atoms in total. The van der Waals surface area contributed by atoms with Crippen LogP contribution in [0.1, 0.15) is 5.56 Å². The van der Waals surface area contributed by atoms with Gasteiger partial charge in [-0.25, -0.2) is 0 Å². The molecule has 2 aromatic rings. The Morgan fingerprint density at radius 3 is 2.69 bits per heavy atom. The van der Waals surface area contributed by atoms with Crippen molar-refractivity contribution in [2.75, 3.05) is 63.7 Å². The molecule has 0 atom stereocenters. The first kappa shape index (κ1) is 18.3. The lowest BCUT2D eigenvalue weighted by molar-refractivity contribution is 0.0398. The molecule has 1 aliphatic heterocycles. The number of rotatable bonds is 9. The lowest BCUT2D eigenvalue weighted by atomic mass is 10.1. The minimum atomic E-state index is 0.549. The summed E-state index contributed by atoms with van der Waals surface area (Å²) in [5, 5.41) is 14.6. The Bertz CT molecular complexity index is 661. The average Bonchev–Trinajstić information content (AvgIpc) is 2.70. The molecular formula is C18H26N6O2. The molecule has 1 aromatic carbocycles. The van der Waals surface area contributed by atoms with Gasteiger partial charge in [-0.05, 0) is 24.1 Å². The highest BCUT2D eigenvalue weighted by atomic mass is 16.5. The fraction of sp³-hybridized carbons (Fsp3) is 0.500. The van der Waals surface area contributed by atoms with Crippen LogP contribution in [0.4, 0.5) is 11.8 Å². The molecule has 0 bridgehead atoms. The van der Waals surface area contributed by atoms with Crippen LogP contribution >= 0.6 is 0 Å². The van der Waals surface area contributed by atoms with Gasteiger partial charge in [-0.1, -0.05) is 12.1 Å². The number of nitrogens with one attached hydrogen (secondary N) is 2. The van der Waals surface area contributed by atoms with Crippen LogP contribution in [0.15, 0.2) is 30.5 Å². The van der Waals surface area contributed by atoms with Crippen molar-refractivity contribution in [3.63, 3.8) is 0 Å². The molecule has 0 saturated carbocycles. The highest BCUT2D eigenvalue weighted by Gasteiger charge is 2.09. The SMILES string of the molecule is COc1ccc(CCNc2cnnc(NCCN3CCOCC3)n2)cc1. The van der Waals surface area contributed by atoms with Gasteiger partial charge in [0.1, 0.15) is 5.75 Å². The van der Waals surface area contributed by atoms with Crippen LogP contribution in [0.5, 0.6) is 5.75 Å². The first-order chi connectivity index (χ1) is 12.8. The number of ether oxygens (including phenoxy) is 2. The third-order valence-corrected chi connectivity index (χ3v) is 4.25. The van der Waals surface area contributed by atoms with Crippen molar-refractivity contribution in [1.82, 2.24) is 20.1 Å². The van der Waals surface area contributed by atoms with Gasteiger partial charge in [-0.15, -0.1) is 5.10 Å². The quantitative estimate of drug-likeness (QED) is 0.693. The molecule has 0 spiro atoms. The molecule has 3 rings (SSSR count). The maximum absolute atomic E-state index is 5.35. The summed E-state index contributed by atoms with van der Waals surface area (Å²) >= 11 is 0. The fourth-order valence-corrected chi connectivity index (χ4v) is 2.74. The van der Waals surface area contributed by atoms with Crippen LogP contribution in [0.2, 0.25) is 0 Å². The molecule has 1 aromatic heterocycles. The molecular weight excluding hydrogens is 332 g/mol. The van der Waals surface area contributed by atoms with Crippen molar-refractivity contribution in [3.8, 4) is 5.75 Å². The molecule has 0 amide bonds. The second-order valence-electron chi connectivity index (χ2n) is 6.07. The Kier molecular flexibility index (Phi) is 6.97. The van der Waals surface area contributed by atoms with Gasteiger partial charge in [0.05, 0.1) is 26.5 Å². The largest absolute Gasteiger partial charge is 0.497 e. The predicted octanol–water partition coefficient (Wildman–Crippen LogP) is 1.28. The zero-order chi connectivity index (χ0) is 18.0. The van der Waals surface area contributed by atoms with Gasteiger partial charge in [0.2, 0.25) is 5.95 Å². The van der Waals surface area contributed by atoms with E-state index in [0.717, 1.165) is 63.9 Å². The minimum Gasteiger partial charge on any atom is -0.497 e. The highest BCUT2D eigenvalue weighted by molar-refractivity contribution is 5.37. The van der Waals surface area contributed by atoms with E-state index in [1.807, 2.05) is 12.1 Å². The number of hydrogen-bond donors (Lipinski definition) is 2. The van der Waals surface area contributed by atoms with Crippen molar-refractivity contribution in [2.45, 2.75) is 6.42 Å². The second kappa shape index (κ2) is 9.88. The molecule has 0 aliphatic carbocycles. The Morgan fingerprint density at radius 1 is 1.12 bits per heavy atom. The molecule has 1 fully saturated rings. The van der Waals surface area contributed by atoms with E-state index < -0.39 is 0 Å². The van der Waals surface area contributed by atoms with E-state index >= 15 is 0 Å². The number of methoxy groups -OCH3 is 1. The van der Waals surface area contributed by atoms with Crippen molar-refractivity contribution < 1.29 is 9.47 Å². The van der Waals surface area contributed by atoms with Crippen LogP contribution in [0.3, 0.4) is 0 Å². The number of anilines is 2. The van der Waals surface area contributed by atoms with E-state index in [-0.39, 0.29) is 0 Å². The summed E-state index contributed by atoms with van der Waals surface area (Å²) in [6, 6.07) is 8.07. The molecule has 8 heteroatoms. The standard InChI is InChI=1S/C18H26N6O2/c1-25-16-4-2-15(3-5-16)6-7-19-17-14-21-23-18(22-17)20-8-9-24-10-12-26-13-11-24/h2-5,14H,6-13H2,1H3,(H2,19,20,22,23). The number of nitrogens with zero attached hydrogens (tertiary/aromatic N) is 4. The average molecular weight is 358 g/mol. The minimum absolute atomic E-state index is 0.549. The third kappa shape index (κ3) is 5.82. The molecule has 140 valence electrons. The predicted molar refractivity (Wildman–Crippen MR) is 101 cm³/mol. The number of morpholine rings is 1. The lowest BCUT2D eigenvalue weighted by Gasteiger charge is -2.26. The molecule has 26 heavy (non-hydrogen) atoms. The van der Waals surface area contributed by atoms with E-state index in [2.05, 4.69) is 42.8 Å². The summed E-state index contributed by atoms with van der Waals surface area (Å²) in [7, 11) is 1.67. The maximum atomic E-state index is 5.35. The van der Waals surface area contributed by atoms with E-state index in [0.29, 0.717) is 5.95 Å². The molecule has 0 unspecified atom stereocenters.